The van der Waals surface area contributed by atoms with Crippen LogP contribution in [0.4, 0.5) is 5.69 Å². The van der Waals surface area contributed by atoms with Crippen molar-refractivity contribution in [3.05, 3.63) is 45.9 Å². The molecule has 21 heavy (non-hydrogen) atoms. The first-order valence-corrected chi connectivity index (χ1v) is 7.76. The third kappa shape index (κ3) is 5.35. The lowest BCUT2D eigenvalue weighted by atomic mass is 10.3. The molecular formula is C13H15NO6S. The maximum absolute atomic E-state index is 11.9. The van der Waals surface area contributed by atoms with Crippen molar-refractivity contribution in [2.45, 2.75) is 24.7 Å². The van der Waals surface area contributed by atoms with Crippen molar-refractivity contribution in [1.82, 2.24) is 0 Å². The van der Waals surface area contributed by atoms with E-state index in [0.717, 1.165) is 42.2 Å². The van der Waals surface area contributed by atoms with Crippen LogP contribution in [0.1, 0.15) is 19.8 Å². The standard InChI is InChI=1S/C13H15NO6S/c1-2-3-9-20-13(15)8-10-21(18,19)12-6-4-11(5-7-12)14(16)17/h4-8,10H,2-3,9H2,1H3/b10-8+. The summed E-state index contributed by atoms with van der Waals surface area (Å²) in [5.74, 6) is -0.742. The van der Waals surface area contributed by atoms with Crippen molar-refractivity contribution < 1.29 is 22.9 Å². The number of sulfone groups is 1. The summed E-state index contributed by atoms with van der Waals surface area (Å²) >= 11 is 0. The van der Waals surface area contributed by atoms with Gasteiger partial charge in [0.2, 0.25) is 0 Å². The Balaban J connectivity index is 2.76. The lowest BCUT2D eigenvalue weighted by Gasteiger charge is -2.00. The van der Waals surface area contributed by atoms with Gasteiger partial charge in [0, 0.05) is 23.6 Å². The summed E-state index contributed by atoms with van der Waals surface area (Å²) in [4.78, 5) is 21.0. The zero-order chi connectivity index (χ0) is 15.9. The predicted molar refractivity (Wildman–Crippen MR) is 75.3 cm³/mol. The van der Waals surface area contributed by atoms with Gasteiger partial charge in [0.15, 0.2) is 9.84 Å². The quantitative estimate of drug-likeness (QED) is 0.251. The number of hydrogen-bond donors (Lipinski definition) is 0. The summed E-state index contributed by atoms with van der Waals surface area (Å²) in [5, 5.41) is 11.2. The fourth-order valence-corrected chi connectivity index (χ4v) is 2.31. The van der Waals surface area contributed by atoms with E-state index in [1.807, 2.05) is 6.92 Å². The molecule has 0 aromatic heterocycles. The van der Waals surface area contributed by atoms with Crippen molar-refractivity contribution in [1.29, 1.82) is 0 Å². The van der Waals surface area contributed by atoms with Gasteiger partial charge in [-0.3, -0.25) is 10.1 Å². The number of non-ortho nitro benzene ring substituents is 1. The van der Waals surface area contributed by atoms with Gasteiger partial charge >= 0.3 is 5.97 Å². The summed E-state index contributed by atoms with van der Waals surface area (Å²) in [6.45, 7) is 2.17. The molecule has 0 heterocycles. The number of benzene rings is 1. The average molecular weight is 313 g/mol. The number of esters is 1. The van der Waals surface area contributed by atoms with Crippen LogP contribution in [0.5, 0.6) is 0 Å². The second-order valence-electron chi connectivity index (χ2n) is 4.12. The fourth-order valence-electron chi connectivity index (χ4n) is 1.35. The molecule has 0 saturated carbocycles. The number of unbranched alkanes of at least 4 members (excludes halogenated alkanes) is 1. The minimum absolute atomic E-state index is 0.134. The van der Waals surface area contributed by atoms with Crippen LogP contribution in [0.2, 0.25) is 0 Å². The average Bonchev–Trinajstić information content (AvgIpc) is 2.45. The molecule has 0 aliphatic rings. The zero-order valence-electron chi connectivity index (χ0n) is 11.4. The maximum Gasteiger partial charge on any atom is 0.331 e. The second-order valence-corrected chi connectivity index (χ2v) is 5.95. The van der Waals surface area contributed by atoms with Gasteiger partial charge in [-0.15, -0.1) is 0 Å². The molecule has 114 valence electrons. The number of ether oxygens (including phenoxy) is 1. The highest BCUT2D eigenvalue weighted by Crippen LogP contribution is 2.17. The third-order valence-corrected chi connectivity index (χ3v) is 3.93. The molecule has 0 radical (unpaired) electrons. The molecule has 0 spiro atoms. The van der Waals surface area contributed by atoms with E-state index in [1.54, 1.807) is 0 Å². The van der Waals surface area contributed by atoms with Gasteiger partial charge in [-0.2, -0.15) is 0 Å². The van der Waals surface area contributed by atoms with Crippen molar-refractivity contribution in [2.24, 2.45) is 0 Å². The molecule has 1 aromatic rings. The van der Waals surface area contributed by atoms with Crippen molar-refractivity contribution in [3.63, 3.8) is 0 Å². The van der Waals surface area contributed by atoms with E-state index in [2.05, 4.69) is 0 Å². The highest BCUT2D eigenvalue weighted by molar-refractivity contribution is 7.94. The molecule has 0 bridgehead atoms. The van der Waals surface area contributed by atoms with Gasteiger partial charge < -0.3 is 4.74 Å². The van der Waals surface area contributed by atoms with Gasteiger partial charge in [-0.1, -0.05) is 13.3 Å². The zero-order valence-corrected chi connectivity index (χ0v) is 12.2. The molecule has 0 saturated heterocycles. The molecule has 8 heteroatoms. The number of nitrogens with zero attached hydrogens (tertiary/aromatic N) is 1. The molecule has 1 aromatic carbocycles. The number of nitro groups is 1. The van der Waals surface area contributed by atoms with Crippen LogP contribution in [0.15, 0.2) is 40.6 Å². The molecule has 0 unspecified atom stereocenters. The Labute approximate surface area is 122 Å². The smallest absolute Gasteiger partial charge is 0.331 e. The normalized spacial score (nSPS) is 11.5. The highest BCUT2D eigenvalue weighted by atomic mass is 32.2. The second kappa shape index (κ2) is 7.53. The number of hydrogen-bond acceptors (Lipinski definition) is 6. The Kier molecular flexibility index (Phi) is 6.04. The Morgan fingerprint density at radius 1 is 1.33 bits per heavy atom. The molecule has 0 N–H and O–H groups in total. The van der Waals surface area contributed by atoms with E-state index < -0.39 is 20.7 Å². The maximum atomic E-state index is 11.9. The number of carbonyl (C=O) groups is 1. The van der Waals surface area contributed by atoms with Gasteiger partial charge in [0.1, 0.15) is 0 Å². The lowest BCUT2D eigenvalue weighted by molar-refractivity contribution is -0.384. The fraction of sp³-hybridized carbons (Fsp3) is 0.308. The van der Waals surface area contributed by atoms with E-state index in [-0.39, 0.29) is 17.2 Å². The minimum Gasteiger partial charge on any atom is -0.463 e. The third-order valence-electron chi connectivity index (χ3n) is 2.50. The molecular weight excluding hydrogens is 298 g/mol. The molecule has 0 amide bonds. The molecule has 1 rings (SSSR count). The summed E-state index contributed by atoms with van der Waals surface area (Å²) in [6.07, 6.45) is 2.39. The Hall–Kier alpha value is -2.22. The summed E-state index contributed by atoms with van der Waals surface area (Å²) in [7, 11) is -3.83. The lowest BCUT2D eigenvalue weighted by Crippen LogP contribution is -2.04. The molecule has 0 atom stereocenters. The summed E-state index contributed by atoms with van der Waals surface area (Å²) in [6, 6.07) is 4.39. The van der Waals surface area contributed by atoms with Gasteiger partial charge in [0.05, 0.1) is 16.4 Å². The molecule has 0 aliphatic heterocycles. The van der Waals surface area contributed by atoms with E-state index >= 15 is 0 Å². The van der Waals surface area contributed by atoms with E-state index in [0.29, 0.717) is 6.42 Å². The van der Waals surface area contributed by atoms with Crippen LogP contribution >= 0.6 is 0 Å². The molecule has 0 fully saturated rings. The first-order valence-electron chi connectivity index (χ1n) is 6.21. The van der Waals surface area contributed by atoms with Crippen LogP contribution in [-0.2, 0) is 19.4 Å². The molecule has 0 aliphatic carbocycles. The van der Waals surface area contributed by atoms with Crippen LogP contribution in [0.3, 0.4) is 0 Å². The Morgan fingerprint density at radius 3 is 2.48 bits per heavy atom. The topological polar surface area (TPSA) is 104 Å². The predicted octanol–water partition coefficient (Wildman–Crippen LogP) is 2.23. The summed E-state index contributed by atoms with van der Waals surface area (Å²) < 4.78 is 28.6. The van der Waals surface area contributed by atoms with E-state index in [1.165, 1.54) is 0 Å². The van der Waals surface area contributed by atoms with Crippen LogP contribution < -0.4 is 0 Å². The monoisotopic (exact) mass is 313 g/mol. The first-order chi connectivity index (χ1) is 9.86. The number of rotatable bonds is 7. The van der Waals surface area contributed by atoms with Gasteiger partial charge in [-0.05, 0) is 18.6 Å². The highest BCUT2D eigenvalue weighted by Gasteiger charge is 2.13. The van der Waals surface area contributed by atoms with Crippen molar-refractivity contribution in [3.8, 4) is 0 Å². The molecule has 7 nitrogen and oxygen atoms in total. The minimum atomic E-state index is -3.83. The summed E-state index contributed by atoms with van der Waals surface area (Å²) in [5.41, 5.74) is -0.211. The first kappa shape index (κ1) is 16.8. The van der Waals surface area contributed by atoms with Crippen LogP contribution in [-0.4, -0.2) is 25.9 Å². The Morgan fingerprint density at radius 2 is 1.95 bits per heavy atom. The number of nitro benzene ring substituents is 1. The SMILES string of the molecule is CCCCOC(=O)/C=C/S(=O)(=O)c1ccc([N+](=O)[O-])cc1. The van der Waals surface area contributed by atoms with Crippen molar-refractivity contribution in [2.75, 3.05) is 6.61 Å². The van der Waals surface area contributed by atoms with Crippen molar-refractivity contribution >= 4 is 21.5 Å². The van der Waals surface area contributed by atoms with Crippen LogP contribution in [0.25, 0.3) is 0 Å². The largest absolute Gasteiger partial charge is 0.463 e. The van der Waals surface area contributed by atoms with E-state index in [9.17, 15) is 23.3 Å². The van der Waals surface area contributed by atoms with Gasteiger partial charge in [-0.25, -0.2) is 13.2 Å². The Bertz CT molecular complexity index is 633. The van der Waals surface area contributed by atoms with E-state index in [4.69, 9.17) is 4.74 Å². The van der Waals surface area contributed by atoms with Gasteiger partial charge in [0.25, 0.3) is 5.69 Å². The number of carbonyl (C=O) groups excluding carboxylic acids is 1. The van der Waals surface area contributed by atoms with Crippen LogP contribution in [0, 0.1) is 10.1 Å².